The van der Waals surface area contributed by atoms with Gasteiger partial charge in [0.1, 0.15) is 0 Å². The van der Waals surface area contributed by atoms with Crippen LogP contribution in [0.3, 0.4) is 0 Å². The highest BCUT2D eigenvalue weighted by Gasteiger charge is 2.50. The number of fused-ring (bicyclic) bond motifs is 1. The third-order valence-corrected chi connectivity index (χ3v) is 5.38. The van der Waals surface area contributed by atoms with Crippen molar-refractivity contribution in [2.45, 2.75) is 45.8 Å². The van der Waals surface area contributed by atoms with Gasteiger partial charge >= 0.3 is 0 Å². The van der Waals surface area contributed by atoms with Crippen LogP contribution in [0.5, 0.6) is 0 Å². The molecule has 110 valence electrons. The van der Waals surface area contributed by atoms with Gasteiger partial charge in [-0.25, -0.2) is 0 Å². The molecule has 3 rings (SSSR count). The van der Waals surface area contributed by atoms with Crippen molar-refractivity contribution in [1.82, 2.24) is 0 Å². The van der Waals surface area contributed by atoms with Crippen LogP contribution in [0, 0.1) is 17.3 Å². The first-order valence-corrected chi connectivity index (χ1v) is 7.71. The van der Waals surface area contributed by atoms with E-state index < -0.39 is 6.29 Å². The fraction of sp³-hybridized carbons (Fsp3) is 0.706. The van der Waals surface area contributed by atoms with E-state index in [4.69, 9.17) is 9.47 Å². The lowest BCUT2D eigenvalue weighted by atomic mass is 9.56. The van der Waals surface area contributed by atoms with E-state index in [9.17, 15) is 4.79 Å². The van der Waals surface area contributed by atoms with Crippen LogP contribution in [0.4, 0.5) is 0 Å². The number of carbonyl (C=O) groups is 1. The van der Waals surface area contributed by atoms with Crippen molar-refractivity contribution in [3.63, 3.8) is 0 Å². The van der Waals surface area contributed by atoms with Gasteiger partial charge in [0.15, 0.2) is 12.1 Å². The molecule has 0 aromatic heterocycles. The van der Waals surface area contributed by atoms with E-state index in [1.165, 1.54) is 5.57 Å². The molecular weight excluding hydrogens is 252 g/mol. The molecule has 1 saturated carbocycles. The first-order valence-electron chi connectivity index (χ1n) is 7.71. The minimum Gasteiger partial charge on any atom is -0.348 e. The highest BCUT2D eigenvalue weighted by atomic mass is 16.7. The van der Waals surface area contributed by atoms with Crippen LogP contribution in [-0.4, -0.2) is 25.3 Å². The number of rotatable bonds is 1. The summed E-state index contributed by atoms with van der Waals surface area (Å²) >= 11 is 0. The molecule has 3 aliphatic rings. The van der Waals surface area contributed by atoms with Crippen LogP contribution in [0.25, 0.3) is 0 Å². The standard InChI is InChI=1S/C17H24O3/c1-11-7-8-17(3)14(12(11)2)6-5-13(15(17)18)16-19-9-4-10-20-16/h5,11,14,16H,2,4,6-10H2,1,3H3. The molecule has 3 nitrogen and oxygen atoms in total. The van der Waals surface area contributed by atoms with Gasteiger partial charge in [-0.05, 0) is 37.5 Å². The number of carbonyl (C=O) groups excluding carboxylic acids is 1. The Balaban J connectivity index is 1.88. The molecule has 0 aromatic carbocycles. The lowest BCUT2D eigenvalue weighted by Crippen LogP contribution is -2.47. The van der Waals surface area contributed by atoms with Crippen molar-refractivity contribution in [2.24, 2.45) is 17.3 Å². The molecule has 20 heavy (non-hydrogen) atoms. The highest BCUT2D eigenvalue weighted by Crippen LogP contribution is 2.52. The van der Waals surface area contributed by atoms with Crippen LogP contribution in [0.2, 0.25) is 0 Å². The molecule has 3 atom stereocenters. The molecule has 0 N–H and O–H groups in total. The van der Waals surface area contributed by atoms with Gasteiger partial charge in [0, 0.05) is 11.0 Å². The Kier molecular flexibility index (Phi) is 3.59. The summed E-state index contributed by atoms with van der Waals surface area (Å²) in [5, 5.41) is 0. The summed E-state index contributed by atoms with van der Waals surface area (Å²) in [6, 6.07) is 0. The minimum atomic E-state index is -0.443. The zero-order valence-electron chi connectivity index (χ0n) is 12.5. The fourth-order valence-corrected chi connectivity index (χ4v) is 3.85. The zero-order chi connectivity index (χ0) is 14.3. The van der Waals surface area contributed by atoms with Gasteiger partial charge in [0.05, 0.1) is 13.2 Å². The van der Waals surface area contributed by atoms with E-state index in [0.29, 0.717) is 19.1 Å². The number of hydrogen-bond donors (Lipinski definition) is 0. The third kappa shape index (κ3) is 2.08. The van der Waals surface area contributed by atoms with E-state index >= 15 is 0 Å². The fourth-order valence-electron chi connectivity index (χ4n) is 3.85. The quantitative estimate of drug-likeness (QED) is 0.690. The van der Waals surface area contributed by atoms with Crippen LogP contribution in [0.15, 0.2) is 23.8 Å². The Bertz CT molecular complexity index is 459. The third-order valence-electron chi connectivity index (χ3n) is 5.38. The molecule has 0 radical (unpaired) electrons. The summed E-state index contributed by atoms with van der Waals surface area (Å²) in [5.74, 6) is 1.03. The zero-order valence-corrected chi connectivity index (χ0v) is 12.5. The SMILES string of the molecule is C=C1C(C)CCC2(C)C(=O)C(C3OCCCO3)=CCC12. The average Bonchev–Trinajstić information content (AvgIpc) is 2.47. The van der Waals surface area contributed by atoms with Crippen molar-refractivity contribution in [1.29, 1.82) is 0 Å². The Labute approximate surface area is 121 Å². The first-order chi connectivity index (χ1) is 9.54. The first kappa shape index (κ1) is 14.0. The summed E-state index contributed by atoms with van der Waals surface area (Å²) in [4.78, 5) is 13.0. The molecule has 1 aliphatic heterocycles. The van der Waals surface area contributed by atoms with E-state index in [0.717, 1.165) is 31.3 Å². The Morgan fingerprint density at radius 1 is 1.35 bits per heavy atom. The molecule has 1 heterocycles. The number of Topliss-reactive ketones (excluding diaryl/α,β-unsaturated/α-hetero) is 1. The van der Waals surface area contributed by atoms with Gasteiger partial charge < -0.3 is 9.47 Å². The smallest absolute Gasteiger partial charge is 0.186 e. The van der Waals surface area contributed by atoms with Crippen molar-refractivity contribution < 1.29 is 14.3 Å². The van der Waals surface area contributed by atoms with Crippen LogP contribution >= 0.6 is 0 Å². The maximum absolute atomic E-state index is 13.0. The number of hydrogen-bond acceptors (Lipinski definition) is 3. The van der Waals surface area contributed by atoms with Crippen molar-refractivity contribution in [2.75, 3.05) is 13.2 Å². The Morgan fingerprint density at radius 2 is 2.05 bits per heavy atom. The lowest BCUT2D eigenvalue weighted by Gasteiger charge is -2.47. The molecule has 1 saturated heterocycles. The van der Waals surface area contributed by atoms with Gasteiger partial charge in [-0.1, -0.05) is 32.1 Å². The Hall–Kier alpha value is -0.930. The predicted molar refractivity (Wildman–Crippen MR) is 77.2 cm³/mol. The topological polar surface area (TPSA) is 35.5 Å². The maximum Gasteiger partial charge on any atom is 0.186 e. The second-order valence-corrected chi connectivity index (χ2v) is 6.64. The van der Waals surface area contributed by atoms with E-state index in [-0.39, 0.29) is 17.1 Å². The predicted octanol–water partition coefficient (Wildman–Crippen LogP) is 3.26. The van der Waals surface area contributed by atoms with E-state index in [1.54, 1.807) is 0 Å². The molecule has 0 aromatic rings. The van der Waals surface area contributed by atoms with Crippen LogP contribution in [-0.2, 0) is 14.3 Å². The van der Waals surface area contributed by atoms with Crippen LogP contribution < -0.4 is 0 Å². The van der Waals surface area contributed by atoms with E-state index in [2.05, 4.69) is 20.4 Å². The van der Waals surface area contributed by atoms with Gasteiger partial charge in [0.25, 0.3) is 0 Å². The molecule has 0 bridgehead atoms. The number of ketones is 1. The van der Waals surface area contributed by atoms with Gasteiger partial charge in [-0.15, -0.1) is 0 Å². The van der Waals surface area contributed by atoms with Crippen molar-refractivity contribution in [3.8, 4) is 0 Å². The summed E-state index contributed by atoms with van der Waals surface area (Å²) < 4.78 is 11.3. The lowest BCUT2D eigenvalue weighted by molar-refractivity contribution is -0.165. The monoisotopic (exact) mass is 276 g/mol. The number of allylic oxidation sites excluding steroid dienone is 2. The molecule has 0 spiro atoms. The minimum absolute atomic E-state index is 0.216. The van der Waals surface area contributed by atoms with Gasteiger partial charge in [0.2, 0.25) is 0 Å². The summed E-state index contributed by atoms with van der Waals surface area (Å²) in [5.41, 5.74) is 1.68. The average molecular weight is 276 g/mol. The summed E-state index contributed by atoms with van der Waals surface area (Å²) in [6.45, 7) is 9.94. The molecule has 3 unspecified atom stereocenters. The molecule has 0 amide bonds. The second kappa shape index (κ2) is 5.12. The van der Waals surface area contributed by atoms with Gasteiger partial charge in [-0.2, -0.15) is 0 Å². The van der Waals surface area contributed by atoms with Crippen molar-refractivity contribution in [3.05, 3.63) is 23.8 Å². The van der Waals surface area contributed by atoms with Gasteiger partial charge in [-0.3, -0.25) is 4.79 Å². The van der Waals surface area contributed by atoms with Crippen LogP contribution in [0.1, 0.15) is 39.5 Å². The molecule has 2 aliphatic carbocycles. The number of ether oxygens (including phenoxy) is 2. The molecule has 2 fully saturated rings. The maximum atomic E-state index is 13.0. The summed E-state index contributed by atoms with van der Waals surface area (Å²) in [6.07, 6.45) is 5.39. The molecular formula is C17H24O3. The largest absolute Gasteiger partial charge is 0.348 e. The normalized spacial score (nSPS) is 39.4. The Morgan fingerprint density at radius 3 is 2.75 bits per heavy atom. The highest BCUT2D eigenvalue weighted by molar-refractivity contribution is 6.01. The second-order valence-electron chi connectivity index (χ2n) is 6.64. The molecule has 3 heteroatoms. The van der Waals surface area contributed by atoms with E-state index in [1.807, 2.05) is 6.08 Å². The summed E-state index contributed by atoms with van der Waals surface area (Å²) in [7, 11) is 0. The van der Waals surface area contributed by atoms with Crippen molar-refractivity contribution >= 4 is 5.78 Å².